The normalized spacial score (nSPS) is 22.8. The molecule has 2 unspecified atom stereocenters. The number of aromatic hydroxyl groups is 2. The summed E-state index contributed by atoms with van der Waals surface area (Å²) in [6.45, 7) is 5.38. The smallest absolute Gasteiger partial charge is 0.161 e. The lowest BCUT2D eigenvalue weighted by atomic mass is 10.1. The van der Waals surface area contributed by atoms with Crippen molar-refractivity contribution in [3.63, 3.8) is 0 Å². The zero-order valence-electron chi connectivity index (χ0n) is 18.0. The van der Waals surface area contributed by atoms with Crippen LogP contribution in [0.3, 0.4) is 0 Å². The van der Waals surface area contributed by atoms with Crippen molar-refractivity contribution in [3.05, 3.63) is 72.8 Å². The molecule has 0 spiro atoms. The maximum atomic E-state index is 9.74. The molecule has 0 aromatic heterocycles. The summed E-state index contributed by atoms with van der Waals surface area (Å²) in [5.74, 6) is 1.10. The minimum Gasteiger partial charge on any atom is -0.504 e. The van der Waals surface area contributed by atoms with Crippen molar-refractivity contribution in [1.29, 1.82) is 0 Å². The second-order valence-electron chi connectivity index (χ2n) is 7.00. The predicted octanol–water partition coefficient (Wildman–Crippen LogP) is 4.62. The van der Waals surface area contributed by atoms with Crippen LogP contribution in [-0.2, 0) is 9.47 Å². The topological polar surface area (TPSA) is 77.4 Å². The number of phenolic OH excluding ortho intramolecular Hbond substituents is 2. The monoisotopic (exact) mass is 426 g/mol. The molecule has 0 heterocycles. The third kappa shape index (κ3) is 5.21. The van der Waals surface area contributed by atoms with E-state index in [2.05, 4.69) is 0 Å². The summed E-state index contributed by atoms with van der Waals surface area (Å²) in [5.41, 5.74) is -1.00. The first-order valence-corrected chi connectivity index (χ1v) is 10.6. The molecule has 2 aliphatic rings. The molecule has 1 saturated carbocycles. The maximum Gasteiger partial charge on any atom is 0.161 e. The molecule has 6 heteroatoms. The number of rotatable bonds is 10. The number of hydrogen-bond acceptors (Lipinski definition) is 6. The van der Waals surface area contributed by atoms with Gasteiger partial charge in [-0.2, -0.15) is 0 Å². The van der Waals surface area contributed by atoms with E-state index >= 15 is 0 Å². The van der Waals surface area contributed by atoms with Crippen LogP contribution in [0.1, 0.15) is 20.3 Å². The molecule has 6 nitrogen and oxygen atoms in total. The largest absolute Gasteiger partial charge is 0.504 e. The molecule has 1 fully saturated rings. The summed E-state index contributed by atoms with van der Waals surface area (Å²) in [7, 11) is 0. The summed E-state index contributed by atoms with van der Waals surface area (Å²) in [5, 5.41) is 19.5. The third-order valence-electron chi connectivity index (χ3n) is 5.09. The van der Waals surface area contributed by atoms with Gasteiger partial charge in [-0.1, -0.05) is 50.3 Å². The van der Waals surface area contributed by atoms with E-state index in [9.17, 15) is 10.2 Å². The Hall–Kier alpha value is -2.96. The highest BCUT2D eigenvalue weighted by molar-refractivity contribution is 5.43. The molecule has 2 aromatic rings. The molecular weight excluding hydrogens is 396 g/mol. The molecule has 0 saturated heterocycles. The highest BCUT2D eigenvalue weighted by atomic mass is 16.6. The Morgan fingerprint density at radius 2 is 1.10 bits per heavy atom. The predicted molar refractivity (Wildman–Crippen MR) is 119 cm³/mol. The maximum absolute atomic E-state index is 9.74. The lowest BCUT2D eigenvalue weighted by molar-refractivity contribution is -0.0425. The van der Waals surface area contributed by atoms with Gasteiger partial charge in [-0.3, -0.25) is 0 Å². The van der Waals surface area contributed by atoms with Crippen molar-refractivity contribution in [2.75, 3.05) is 26.4 Å². The highest BCUT2D eigenvalue weighted by Gasteiger charge is 2.68. The number of fused-ring (bicyclic) bond motifs is 1. The molecule has 0 radical (unpaired) electrons. The van der Waals surface area contributed by atoms with Crippen LogP contribution in [0.15, 0.2) is 72.8 Å². The van der Waals surface area contributed by atoms with E-state index in [1.54, 1.807) is 48.5 Å². The fourth-order valence-electron chi connectivity index (χ4n) is 3.52. The van der Waals surface area contributed by atoms with Crippen LogP contribution in [-0.4, -0.2) is 47.8 Å². The van der Waals surface area contributed by atoms with E-state index in [1.807, 2.05) is 38.2 Å². The van der Waals surface area contributed by atoms with Gasteiger partial charge in [0, 0.05) is 6.42 Å². The molecule has 2 atom stereocenters. The minimum atomic E-state index is -0.501. The Kier molecular flexibility index (Phi) is 7.60. The quantitative estimate of drug-likeness (QED) is 0.540. The van der Waals surface area contributed by atoms with Gasteiger partial charge in [0.25, 0.3) is 0 Å². The molecule has 2 aromatic carbocycles. The van der Waals surface area contributed by atoms with E-state index in [0.29, 0.717) is 37.9 Å². The van der Waals surface area contributed by atoms with Crippen molar-refractivity contribution in [1.82, 2.24) is 0 Å². The summed E-state index contributed by atoms with van der Waals surface area (Å²) >= 11 is 0. The summed E-state index contributed by atoms with van der Waals surface area (Å²) in [4.78, 5) is 0. The number of phenols is 2. The number of benzene rings is 2. The van der Waals surface area contributed by atoms with Crippen molar-refractivity contribution in [3.8, 4) is 23.0 Å². The summed E-state index contributed by atoms with van der Waals surface area (Å²) in [6, 6.07) is 13.7. The van der Waals surface area contributed by atoms with E-state index in [1.165, 1.54) is 0 Å². The van der Waals surface area contributed by atoms with Crippen molar-refractivity contribution in [2.24, 2.45) is 0 Å². The van der Waals surface area contributed by atoms with Gasteiger partial charge < -0.3 is 29.2 Å². The summed E-state index contributed by atoms with van der Waals surface area (Å²) < 4.78 is 23.3. The lowest BCUT2D eigenvalue weighted by Crippen LogP contribution is -2.32. The van der Waals surface area contributed by atoms with E-state index in [-0.39, 0.29) is 11.5 Å². The third-order valence-corrected chi connectivity index (χ3v) is 5.09. The number of para-hydroxylation sites is 4. The average molecular weight is 427 g/mol. The van der Waals surface area contributed by atoms with Gasteiger partial charge in [-0.25, -0.2) is 0 Å². The van der Waals surface area contributed by atoms with Crippen molar-refractivity contribution >= 4 is 0 Å². The first kappa shape index (κ1) is 22.7. The Labute approximate surface area is 183 Å². The van der Waals surface area contributed by atoms with Gasteiger partial charge in [0.05, 0.1) is 13.2 Å². The second-order valence-corrected chi connectivity index (χ2v) is 7.00. The van der Waals surface area contributed by atoms with E-state index < -0.39 is 11.2 Å². The van der Waals surface area contributed by atoms with Crippen LogP contribution in [0.25, 0.3) is 0 Å². The van der Waals surface area contributed by atoms with Gasteiger partial charge >= 0.3 is 0 Å². The van der Waals surface area contributed by atoms with Crippen molar-refractivity contribution in [2.45, 2.75) is 31.5 Å². The molecule has 2 N–H and O–H groups in total. The van der Waals surface area contributed by atoms with Crippen molar-refractivity contribution < 1.29 is 29.2 Å². The molecule has 166 valence electrons. The Bertz CT molecular complexity index is 835. The van der Waals surface area contributed by atoms with E-state index in [0.717, 1.165) is 6.42 Å². The lowest BCUT2D eigenvalue weighted by Gasteiger charge is -2.24. The Morgan fingerprint density at radius 3 is 1.52 bits per heavy atom. The Balaban J connectivity index is 0.00000132. The summed E-state index contributed by atoms with van der Waals surface area (Å²) in [6.07, 6.45) is 8.65. The number of ether oxygens (including phenoxy) is 4. The van der Waals surface area contributed by atoms with Crippen LogP contribution in [0, 0.1) is 0 Å². The average Bonchev–Trinajstić information content (AvgIpc) is 3.47. The van der Waals surface area contributed by atoms with Gasteiger partial charge in [0.15, 0.2) is 23.0 Å². The first-order chi connectivity index (χ1) is 15.1. The number of allylic oxidation sites excluding steroid dienone is 2. The van der Waals surface area contributed by atoms with Crippen LogP contribution in [0.4, 0.5) is 0 Å². The molecule has 4 rings (SSSR count). The van der Waals surface area contributed by atoms with Gasteiger partial charge in [-0.15, -0.1) is 0 Å². The molecule has 31 heavy (non-hydrogen) atoms. The van der Waals surface area contributed by atoms with Crippen LogP contribution in [0.2, 0.25) is 0 Å². The van der Waals surface area contributed by atoms with Gasteiger partial charge in [-0.05, 0) is 36.4 Å². The fraction of sp³-hybridized carbons (Fsp3) is 0.360. The standard InChI is InChI=1S/C23H24O6.C2H6/c24-18-7-1-3-9-20(18)26-13-15-28-22-11-5-6-12-23(22,17-22)29-16-14-27-21-10-4-2-8-19(21)25;1-2/h1-12,24-25H,13-17H2;1-2H3. The molecule has 0 aliphatic heterocycles. The highest BCUT2D eigenvalue weighted by Crippen LogP contribution is 2.57. The fourth-order valence-corrected chi connectivity index (χ4v) is 3.52. The van der Waals surface area contributed by atoms with Crippen LogP contribution < -0.4 is 9.47 Å². The second kappa shape index (κ2) is 10.4. The molecular formula is C25H30O6. The molecule has 2 aliphatic carbocycles. The SMILES string of the molecule is CC.Oc1ccccc1OCCOC12C=CC=CC1(OCCOc1ccccc1O)C2. The van der Waals surface area contributed by atoms with Gasteiger partial charge in [0.2, 0.25) is 0 Å². The van der Waals surface area contributed by atoms with Crippen LogP contribution in [0.5, 0.6) is 23.0 Å². The molecule has 0 bridgehead atoms. The minimum absolute atomic E-state index is 0.111. The first-order valence-electron chi connectivity index (χ1n) is 10.6. The molecule has 0 amide bonds. The van der Waals surface area contributed by atoms with Crippen LogP contribution >= 0.6 is 0 Å². The number of hydrogen-bond donors (Lipinski definition) is 2. The van der Waals surface area contributed by atoms with Gasteiger partial charge in [0.1, 0.15) is 24.4 Å². The van der Waals surface area contributed by atoms with E-state index in [4.69, 9.17) is 18.9 Å². The zero-order chi connectivity index (χ0) is 22.2. The zero-order valence-corrected chi connectivity index (χ0v) is 18.0. The Morgan fingerprint density at radius 1 is 0.677 bits per heavy atom.